The Hall–Kier alpha value is -2.07. The van der Waals surface area contributed by atoms with E-state index in [1.54, 1.807) is 0 Å². The highest BCUT2D eigenvalue weighted by atomic mass is 14.3. The first-order chi connectivity index (χ1) is 12.3. The van der Waals surface area contributed by atoms with Gasteiger partial charge in [-0.15, -0.1) is 0 Å². The molecule has 1 fully saturated rings. The van der Waals surface area contributed by atoms with E-state index in [1.165, 1.54) is 55.2 Å². The third-order valence-electron chi connectivity index (χ3n) is 5.78. The monoisotopic (exact) mass is 331 g/mol. The molecule has 0 radical (unpaired) electrons. The van der Waals surface area contributed by atoms with Crippen molar-refractivity contribution in [1.29, 1.82) is 5.26 Å². The minimum atomic E-state index is 0.738. The molecule has 0 spiro atoms. The highest BCUT2D eigenvalue weighted by Gasteiger charge is 2.21. The van der Waals surface area contributed by atoms with Crippen molar-refractivity contribution in [3.8, 4) is 6.07 Å². The van der Waals surface area contributed by atoms with Gasteiger partial charge in [0.2, 0.25) is 0 Å². The SMILES string of the molecule is CCCC1CCC(c2ccc(CCc3ccc(C#N)cc3)cc2)CC1. The van der Waals surface area contributed by atoms with Crippen LogP contribution in [0.2, 0.25) is 0 Å². The summed E-state index contributed by atoms with van der Waals surface area (Å²) in [6.07, 6.45) is 10.4. The normalized spacial score (nSPS) is 20.2. The van der Waals surface area contributed by atoms with Gasteiger partial charge in [-0.3, -0.25) is 0 Å². The summed E-state index contributed by atoms with van der Waals surface area (Å²) in [6.45, 7) is 2.31. The van der Waals surface area contributed by atoms with Crippen molar-refractivity contribution in [2.45, 2.75) is 64.2 Å². The molecule has 0 amide bonds. The zero-order valence-corrected chi connectivity index (χ0v) is 15.4. The molecule has 0 saturated heterocycles. The molecule has 0 bridgehead atoms. The van der Waals surface area contributed by atoms with Gasteiger partial charge in [-0.25, -0.2) is 0 Å². The number of rotatable bonds is 6. The summed E-state index contributed by atoms with van der Waals surface area (Å²) in [5.41, 5.74) is 4.99. The van der Waals surface area contributed by atoms with E-state index in [2.05, 4.69) is 49.4 Å². The first-order valence-corrected chi connectivity index (χ1v) is 9.86. The number of hydrogen-bond acceptors (Lipinski definition) is 1. The maximum absolute atomic E-state index is 8.86. The lowest BCUT2D eigenvalue weighted by Gasteiger charge is -2.28. The third-order valence-corrected chi connectivity index (χ3v) is 5.78. The lowest BCUT2D eigenvalue weighted by atomic mass is 9.77. The van der Waals surface area contributed by atoms with Crippen LogP contribution in [-0.4, -0.2) is 0 Å². The largest absolute Gasteiger partial charge is 0.192 e. The van der Waals surface area contributed by atoms with E-state index >= 15 is 0 Å². The van der Waals surface area contributed by atoms with Gasteiger partial charge in [-0.2, -0.15) is 5.26 Å². The number of benzene rings is 2. The van der Waals surface area contributed by atoms with E-state index in [0.717, 1.165) is 30.2 Å². The zero-order valence-electron chi connectivity index (χ0n) is 15.4. The van der Waals surface area contributed by atoms with Gasteiger partial charge in [0.25, 0.3) is 0 Å². The Kier molecular flexibility index (Phi) is 6.29. The van der Waals surface area contributed by atoms with E-state index in [4.69, 9.17) is 5.26 Å². The highest BCUT2D eigenvalue weighted by Crippen LogP contribution is 2.37. The predicted molar refractivity (Wildman–Crippen MR) is 105 cm³/mol. The summed E-state index contributed by atoms with van der Waals surface area (Å²) in [7, 11) is 0. The molecular weight excluding hydrogens is 302 g/mol. The highest BCUT2D eigenvalue weighted by molar-refractivity contribution is 5.32. The van der Waals surface area contributed by atoms with Crippen LogP contribution >= 0.6 is 0 Å². The van der Waals surface area contributed by atoms with Gasteiger partial charge >= 0.3 is 0 Å². The van der Waals surface area contributed by atoms with Gasteiger partial charge < -0.3 is 0 Å². The Morgan fingerprint density at radius 2 is 1.40 bits per heavy atom. The maximum Gasteiger partial charge on any atom is 0.0991 e. The molecule has 0 heterocycles. The molecule has 0 aromatic heterocycles. The standard InChI is InChI=1S/C24H29N/c1-2-3-19-10-14-23(15-11-19)24-16-12-21(13-17-24)5-4-20-6-8-22(18-25)9-7-20/h6-9,12-13,16-17,19,23H,2-5,10-11,14-15H2,1H3. The minimum Gasteiger partial charge on any atom is -0.192 e. The van der Waals surface area contributed by atoms with Gasteiger partial charge in [-0.1, -0.05) is 56.2 Å². The fourth-order valence-corrected chi connectivity index (χ4v) is 4.18. The summed E-state index contributed by atoms with van der Waals surface area (Å²) in [5.74, 6) is 1.76. The minimum absolute atomic E-state index is 0.738. The molecule has 2 aromatic rings. The van der Waals surface area contributed by atoms with E-state index in [9.17, 15) is 0 Å². The first kappa shape index (κ1) is 17.7. The van der Waals surface area contributed by atoms with Crippen molar-refractivity contribution in [2.75, 3.05) is 0 Å². The predicted octanol–water partition coefficient (Wildman–Crippen LogP) is 6.42. The summed E-state index contributed by atoms with van der Waals surface area (Å²) in [6, 6.07) is 19.5. The van der Waals surface area contributed by atoms with Crippen LogP contribution in [0.15, 0.2) is 48.5 Å². The first-order valence-electron chi connectivity index (χ1n) is 9.86. The van der Waals surface area contributed by atoms with Crippen molar-refractivity contribution < 1.29 is 0 Å². The van der Waals surface area contributed by atoms with Gasteiger partial charge in [0.15, 0.2) is 0 Å². The molecule has 1 nitrogen and oxygen atoms in total. The Labute approximate surface area is 152 Å². The molecule has 0 unspecified atom stereocenters. The summed E-state index contributed by atoms with van der Waals surface area (Å²) >= 11 is 0. The molecular formula is C24H29N. The second kappa shape index (κ2) is 8.86. The quantitative estimate of drug-likeness (QED) is 0.599. The fourth-order valence-electron chi connectivity index (χ4n) is 4.18. The van der Waals surface area contributed by atoms with Crippen molar-refractivity contribution in [3.63, 3.8) is 0 Å². The second-order valence-electron chi connectivity index (χ2n) is 7.56. The number of nitrogens with zero attached hydrogens (tertiary/aromatic N) is 1. The lowest BCUT2D eigenvalue weighted by molar-refractivity contribution is 0.308. The Bertz CT molecular complexity index is 682. The van der Waals surface area contributed by atoms with Crippen molar-refractivity contribution in [1.82, 2.24) is 0 Å². The summed E-state index contributed by atoms with van der Waals surface area (Å²) in [4.78, 5) is 0. The van der Waals surface area contributed by atoms with Gasteiger partial charge in [0.1, 0.15) is 0 Å². The Morgan fingerprint density at radius 1 is 0.840 bits per heavy atom. The van der Waals surface area contributed by atoms with Crippen LogP contribution in [0.5, 0.6) is 0 Å². The second-order valence-corrected chi connectivity index (χ2v) is 7.56. The average molecular weight is 332 g/mol. The third kappa shape index (κ3) is 4.95. The molecule has 0 aliphatic heterocycles. The van der Waals surface area contributed by atoms with E-state index in [0.29, 0.717) is 0 Å². The molecule has 3 rings (SSSR count). The molecule has 1 heteroatoms. The maximum atomic E-state index is 8.86. The van der Waals surface area contributed by atoms with Gasteiger partial charge in [0, 0.05) is 0 Å². The van der Waals surface area contributed by atoms with E-state index in [-0.39, 0.29) is 0 Å². The average Bonchev–Trinajstić information content (AvgIpc) is 2.68. The molecule has 1 aliphatic carbocycles. The number of aryl methyl sites for hydroxylation is 2. The van der Waals surface area contributed by atoms with Gasteiger partial charge in [0.05, 0.1) is 11.6 Å². The van der Waals surface area contributed by atoms with Crippen LogP contribution in [-0.2, 0) is 12.8 Å². The van der Waals surface area contributed by atoms with E-state index < -0.39 is 0 Å². The Morgan fingerprint density at radius 3 is 1.92 bits per heavy atom. The van der Waals surface area contributed by atoms with Gasteiger partial charge in [-0.05, 0) is 79.2 Å². The van der Waals surface area contributed by atoms with Crippen LogP contribution < -0.4 is 0 Å². The Balaban J connectivity index is 1.51. The van der Waals surface area contributed by atoms with E-state index in [1.807, 2.05) is 12.1 Å². The summed E-state index contributed by atoms with van der Waals surface area (Å²) in [5, 5.41) is 8.86. The zero-order chi connectivity index (χ0) is 17.5. The topological polar surface area (TPSA) is 23.8 Å². The van der Waals surface area contributed by atoms with Crippen LogP contribution in [0.25, 0.3) is 0 Å². The van der Waals surface area contributed by atoms with Crippen molar-refractivity contribution >= 4 is 0 Å². The van der Waals surface area contributed by atoms with Crippen molar-refractivity contribution in [3.05, 3.63) is 70.8 Å². The van der Waals surface area contributed by atoms with Crippen LogP contribution in [0.3, 0.4) is 0 Å². The van der Waals surface area contributed by atoms with Crippen LogP contribution in [0.4, 0.5) is 0 Å². The van der Waals surface area contributed by atoms with Crippen LogP contribution in [0.1, 0.15) is 73.6 Å². The molecule has 25 heavy (non-hydrogen) atoms. The molecule has 130 valence electrons. The lowest BCUT2D eigenvalue weighted by Crippen LogP contribution is -2.13. The molecule has 0 N–H and O–H groups in total. The fraction of sp³-hybridized carbons (Fsp3) is 0.458. The van der Waals surface area contributed by atoms with Crippen molar-refractivity contribution in [2.24, 2.45) is 5.92 Å². The smallest absolute Gasteiger partial charge is 0.0991 e. The number of hydrogen-bond donors (Lipinski definition) is 0. The molecule has 2 aromatic carbocycles. The number of nitriles is 1. The summed E-state index contributed by atoms with van der Waals surface area (Å²) < 4.78 is 0. The molecule has 1 saturated carbocycles. The van der Waals surface area contributed by atoms with Crippen LogP contribution in [0, 0.1) is 17.2 Å². The molecule has 1 aliphatic rings. The molecule has 0 atom stereocenters.